The van der Waals surface area contributed by atoms with Crippen LogP contribution in [0.2, 0.25) is 0 Å². The van der Waals surface area contributed by atoms with Crippen LogP contribution in [0.3, 0.4) is 0 Å². The Bertz CT molecular complexity index is 732. The molecule has 0 unspecified atom stereocenters. The van der Waals surface area contributed by atoms with Crippen LogP contribution in [0.5, 0.6) is 5.75 Å². The summed E-state index contributed by atoms with van der Waals surface area (Å²) < 4.78 is 6.06. The fourth-order valence-corrected chi connectivity index (χ4v) is 4.86. The van der Waals surface area contributed by atoms with E-state index in [1.165, 1.54) is 25.7 Å². The topological polar surface area (TPSA) is 61.9 Å². The van der Waals surface area contributed by atoms with E-state index in [2.05, 4.69) is 12.2 Å². The first-order valence-corrected chi connectivity index (χ1v) is 11.2. The summed E-state index contributed by atoms with van der Waals surface area (Å²) in [6.07, 6.45) is 7.42. The van der Waals surface area contributed by atoms with Crippen LogP contribution < -0.4 is 15.0 Å². The zero-order valence-corrected chi connectivity index (χ0v) is 17.4. The minimum absolute atomic E-state index is 0.0321. The molecule has 2 amide bonds. The summed E-state index contributed by atoms with van der Waals surface area (Å²) in [5.74, 6) is 1.29. The molecule has 2 fully saturated rings. The van der Waals surface area contributed by atoms with Gasteiger partial charge in [-0.05, 0) is 50.2 Å². The van der Waals surface area contributed by atoms with E-state index in [1.54, 1.807) is 0 Å². The van der Waals surface area contributed by atoms with Crippen molar-refractivity contribution in [1.29, 1.82) is 0 Å². The molecular formula is C23H33N3O3. The lowest BCUT2D eigenvalue weighted by Crippen LogP contribution is -2.54. The Hall–Kier alpha value is -2.24. The van der Waals surface area contributed by atoms with Gasteiger partial charge >= 0.3 is 0 Å². The van der Waals surface area contributed by atoms with Gasteiger partial charge in [0.25, 0.3) is 5.91 Å². The van der Waals surface area contributed by atoms with Crippen LogP contribution in [0.4, 0.5) is 5.69 Å². The number of likely N-dealkylation sites (tertiary alicyclic amines) is 1. The third-order valence-electron chi connectivity index (χ3n) is 6.60. The highest BCUT2D eigenvalue weighted by molar-refractivity contribution is 5.86. The largest absolute Gasteiger partial charge is 0.477 e. The first-order valence-electron chi connectivity index (χ1n) is 11.2. The van der Waals surface area contributed by atoms with Crippen molar-refractivity contribution in [2.75, 3.05) is 31.1 Å². The molecule has 2 heterocycles. The second-order valence-electron chi connectivity index (χ2n) is 8.78. The average Bonchev–Trinajstić information content (AvgIpc) is 2.75. The molecule has 6 heteroatoms. The molecule has 3 atom stereocenters. The quantitative estimate of drug-likeness (QED) is 0.846. The van der Waals surface area contributed by atoms with E-state index < -0.39 is 6.10 Å². The molecule has 2 aliphatic heterocycles. The molecule has 1 aromatic rings. The lowest BCUT2D eigenvalue weighted by molar-refractivity contribution is -0.139. The second-order valence-corrected chi connectivity index (χ2v) is 8.78. The van der Waals surface area contributed by atoms with Gasteiger partial charge in [-0.3, -0.25) is 9.59 Å². The molecular weight excluding hydrogens is 366 g/mol. The summed E-state index contributed by atoms with van der Waals surface area (Å²) in [5, 5.41) is 3.24. The number of para-hydroxylation sites is 2. The number of benzene rings is 1. The normalized spacial score (nSPS) is 27.0. The minimum atomic E-state index is -0.551. The maximum Gasteiger partial charge on any atom is 0.265 e. The molecule has 0 spiro atoms. The van der Waals surface area contributed by atoms with Gasteiger partial charge in [0, 0.05) is 19.1 Å². The van der Waals surface area contributed by atoms with Crippen LogP contribution in [-0.4, -0.2) is 55.0 Å². The summed E-state index contributed by atoms with van der Waals surface area (Å²) >= 11 is 0. The minimum Gasteiger partial charge on any atom is -0.477 e. The van der Waals surface area contributed by atoms with Crippen LogP contribution in [0.1, 0.15) is 51.9 Å². The zero-order chi connectivity index (χ0) is 20.2. The summed E-state index contributed by atoms with van der Waals surface area (Å²) in [6.45, 7) is 4.51. The molecule has 0 aromatic heterocycles. The Morgan fingerprint density at radius 3 is 2.62 bits per heavy atom. The molecule has 158 valence electrons. The molecule has 1 saturated heterocycles. The van der Waals surface area contributed by atoms with Gasteiger partial charge in [-0.1, -0.05) is 31.9 Å². The fourth-order valence-electron chi connectivity index (χ4n) is 4.86. The summed E-state index contributed by atoms with van der Waals surface area (Å²) in [5.41, 5.74) is 0.891. The lowest BCUT2D eigenvalue weighted by Gasteiger charge is -2.38. The fraction of sp³-hybridized carbons (Fsp3) is 0.652. The van der Waals surface area contributed by atoms with Gasteiger partial charge in [0.05, 0.1) is 18.8 Å². The molecule has 6 nitrogen and oxygen atoms in total. The van der Waals surface area contributed by atoms with Crippen molar-refractivity contribution < 1.29 is 14.3 Å². The highest BCUT2D eigenvalue weighted by Gasteiger charge is 2.35. The van der Waals surface area contributed by atoms with Gasteiger partial charge in [0.1, 0.15) is 5.75 Å². The number of nitrogens with zero attached hydrogens (tertiary/aromatic N) is 2. The molecule has 0 bridgehead atoms. The summed E-state index contributed by atoms with van der Waals surface area (Å²) in [4.78, 5) is 29.8. The van der Waals surface area contributed by atoms with E-state index in [-0.39, 0.29) is 24.4 Å². The van der Waals surface area contributed by atoms with E-state index in [1.807, 2.05) is 34.1 Å². The van der Waals surface area contributed by atoms with E-state index in [0.29, 0.717) is 18.2 Å². The summed E-state index contributed by atoms with van der Waals surface area (Å²) in [6, 6.07) is 7.97. The zero-order valence-electron chi connectivity index (χ0n) is 17.4. The SMILES string of the molecule is C[C@H]1CCCC[C@@H]1NC(=O)CN1C[C@H](C(=O)N2CCCCC2)Oc2ccccc21. The first-order chi connectivity index (χ1) is 14.1. The predicted molar refractivity (Wildman–Crippen MR) is 113 cm³/mol. The third kappa shape index (κ3) is 4.68. The monoisotopic (exact) mass is 399 g/mol. The van der Waals surface area contributed by atoms with E-state index >= 15 is 0 Å². The van der Waals surface area contributed by atoms with Gasteiger partial charge in [0.15, 0.2) is 6.10 Å². The molecule has 1 aromatic carbocycles. The number of carbonyl (C=O) groups excluding carboxylic acids is 2. The molecule has 1 aliphatic carbocycles. The van der Waals surface area contributed by atoms with E-state index in [9.17, 15) is 9.59 Å². The Labute approximate surface area is 173 Å². The number of hydrogen-bond donors (Lipinski definition) is 1. The number of nitrogens with one attached hydrogen (secondary N) is 1. The van der Waals surface area contributed by atoms with Crippen LogP contribution in [0.25, 0.3) is 0 Å². The van der Waals surface area contributed by atoms with Crippen molar-refractivity contribution in [2.45, 2.75) is 64.0 Å². The lowest BCUT2D eigenvalue weighted by atomic mass is 9.86. The van der Waals surface area contributed by atoms with Gasteiger partial charge in [0.2, 0.25) is 5.91 Å². The molecule has 0 radical (unpaired) electrons. The average molecular weight is 400 g/mol. The second kappa shape index (κ2) is 9.06. The van der Waals surface area contributed by atoms with Crippen LogP contribution in [-0.2, 0) is 9.59 Å². The van der Waals surface area contributed by atoms with Gasteiger partial charge < -0.3 is 19.9 Å². The smallest absolute Gasteiger partial charge is 0.265 e. The number of carbonyl (C=O) groups is 2. The highest BCUT2D eigenvalue weighted by atomic mass is 16.5. The number of rotatable bonds is 4. The van der Waals surface area contributed by atoms with Gasteiger partial charge in [-0.25, -0.2) is 0 Å². The van der Waals surface area contributed by atoms with Crippen molar-refractivity contribution in [1.82, 2.24) is 10.2 Å². The maximum absolute atomic E-state index is 13.0. The molecule has 29 heavy (non-hydrogen) atoms. The number of fused-ring (bicyclic) bond motifs is 1. The van der Waals surface area contributed by atoms with Gasteiger partial charge in [-0.2, -0.15) is 0 Å². The van der Waals surface area contributed by atoms with E-state index in [4.69, 9.17) is 4.74 Å². The predicted octanol–water partition coefficient (Wildman–Crippen LogP) is 2.96. The Morgan fingerprint density at radius 2 is 1.83 bits per heavy atom. The van der Waals surface area contributed by atoms with Crippen molar-refractivity contribution in [3.8, 4) is 5.75 Å². The Morgan fingerprint density at radius 1 is 1.07 bits per heavy atom. The van der Waals surface area contributed by atoms with Crippen molar-refractivity contribution in [3.05, 3.63) is 24.3 Å². The maximum atomic E-state index is 13.0. The third-order valence-corrected chi connectivity index (χ3v) is 6.60. The van der Waals surface area contributed by atoms with E-state index in [0.717, 1.165) is 38.0 Å². The van der Waals surface area contributed by atoms with Crippen molar-refractivity contribution in [3.63, 3.8) is 0 Å². The van der Waals surface area contributed by atoms with Crippen LogP contribution in [0.15, 0.2) is 24.3 Å². The molecule has 1 N–H and O–H groups in total. The molecule has 1 saturated carbocycles. The number of piperidine rings is 1. The van der Waals surface area contributed by atoms with Crippen LogP contribution in [0, 0.1) is 5.92 Å². The van der Waals surface area contributed by atoms with Crippen molar-refractivity contribution >= 4 is 17.5 Å². The number of ether oxygens (including phenoxy) is 1. The highest BCUT2D eigenvalue weighted by Crippen LogP contribution is 2.33. The Kier molecular flexibility index (Phi) is 6.26. The van der Waals surface area contributed by atoms with Crippen LogP contribution >= 0.6 is 0 Å². The Balaban J connectivity index is 1.44. The number of anilines is 1. The standard InChI is InChI=1S/C23H33N3O3/c1-17-9-3-4-10-18(17)24-22(27)16-26-15-21(23(28)25-13-7-2-8-14-25)29-20-12-6-5-11-19(20)26/h5-6,11-12,17-18,21H,2-4,7-10,13-16H2,1H3,(H,24,27)/t17-,18-,21+/m0/s1. The molecule has 3 aliphatic rings. The number of hydrogen-bond acceptors (Lipinski definition) is 4. The van der Waals surface area contributed by atoms with Crippen molar-refractivity contribution in [2.24, 2.45) is 5.92 Å². The number of amides is 2. The molecule has 4 rings (SSSR count). The first kappa shape index (κ1) is 20.0. The van der Waals surface area contributed by atoms with Gasteiger partial charge in [-0.15, -0.1) is 0 Å². The summed E-state index contributed by atoms with van der Waals surface area (Å²) in [7, 11) is 0.